The van der Waals surface area contributed by atoms with Gasteiger partial charge in [-0.05, 0) is 44.2 Å². The molecule has 2 aromatic heterocycles. The third kappa shape index (κ3) is 2.77. The average molecular weight is 287 g/mol. The molecule has 0 aliphatic heterocycles. The molecule has 0 saturated carbocycles. The van der Waals surface area contributed by atoms with E-state index in [1.165, 1.54) is 9.75 Å². The Hall–Kier alpha value is -2.01. The van der Waals surface area contributed by atoms with E-state index in [1.807, 2.05) is 29.5 Å². The van der Waals surface area contributed by atoms with Crippen molar-refractivity contribution in [2.45, 2.75) is 26.3 Å². The van der Waals surface area contributed by atoms with E-state index < -0.39 is 0 Å². The van der Waals surface area contributed by atoms with Crippen LogP contribution in [0.4, 0.5) is 11.7 Å². The Labute approximate surface area is 121 Å². The molecule has 104 valence electrons. The van der Waals surface area contributed by atoms with Crippen LogP contribution < -0.4 is 11.1 Å². The second-order valence-electron chi connectivity index (χ2n) is 5.01. The van der Waals surface area contributed by atoms with Crippen LogP contribution in [0.15, 0.2) is 34.7 Å². The smallest absolute Gasteiger partial charge is 0.295 e. The molecule has 3 N–H and O–H groups in total. The monoisotopic (exact) mass is 287 g/mol. The van der Waals surface area contributed by atoms with Gasteiger partial charge in [-0.25, -0.2) is 0 Å². The largest absolute Gasteiger partial charge is 0.424 e. The molecule has 4 nitrogen and oxygen atoms in total. The Bertz CT molecular complexity index is 732. The van der Waals surface area contributed by atoms with Crippen LogP contribution in [0, 0.1) is 6.92 Å². The maximum atomic E-state index is 5.74. The fraction of sp³-hybridized carbons (Fsp3) is 0.267. The van der Waals surface area contributed by atoms with Crippen molar-refractivity contribution in [1.29, 1.82) is 0 Å². The summed E-state index contributed by atoms with van der Waals surface area (Å²) in [6.07, 6.45) is 0.958. The van der Waals surface area contributed by atoms with Gasteiger partial charge in [-0.15, -0.1) is 11.3 Å². The van der Waals surface area contributed by atoms with Gasteiger partial charge in [0.2, 0.25) is 0 Å². The molecule has 5 heteroatoms. The summed E-state index contributed by atoms with van der Waals surface area (Å²) in [4.78, 5) is 7.11. The van der Waals surface area contributed by atoms with Crippen molar-refractivity contribution in [3.8, 4) is 0 Å². The molecule has 0 bridgehead atoms. The third-order valence-corrected chi connectivity index (χ3v) is 4.11. The quantitative estimate of drug-likeness (QED) is 0.716. The van der Waals surface area contributed by atoms with Crippen LogP contribution in [0.5, 0.6) is 0 Å². The first-order valence-electron chi connectivity index (χ1n) is 6.58. The van der Waals surface area contributed by atoms with Gasteiger partial charge in [0.1, 0.15) is 5.52 Å². The Morgan fingerprint density at radius 1 is 1.35 bits per heavy atom. The van der Waals surface area contributed by atoms with Crippen LogP contribution in [0.25, 0.3) is 11.1 Å². The van der Waals surface area contributed by atoms with E-state index in [9.17, 15) is 0 Å². The molecule has 0 saturated heterocycles. The summed E-state index contributed by atoms with van der Waals surface area (Å²) in [5, 5.41) is 3.30. The molecule has 0 radical (unpaired) electrons. The predicted molar refractivity (Wildman–Crippen MR) is 84.3 cm³/mol. The topological polar surface area (TPSA) is 64.1 Å². The van der Waals surface area contributed by atoms with E-state index in [0.29, 0.717) is 11.7 Å². The van der Waals surface area contributed by atoms with E-state index in [1.54, 1.807) is 0 Å². The number of rotatable bonds is 4. The lowest BCUT2D eigenvalue weighted by molar-refractivity contribution is 0.599. The van der Waals surface area contributed by atoms with Crippen LogP contribution in [0.3, 0.4) is 0 Å². The Morgan fingerprint density at radius 2 is 2.20 bits per heavy atom. The van der Waals surface area contributed by atoms with Gasteiger partial charge in [0.05, 0.1) is 0 Å². The maximum Gasteiger partial charge on any atom is 0.295 e. The Kier molecular flexibility index (Phi) is 3.36. The lowest BCUT2D eigenvalue weighted by Gasteiger charge is -2.10. The molecule has 2 heterocycles. The highest BCUT2D eigenvalue weighted by molar-refractivity contribution is 7.11. The second kappa shape index (κ2) is 5.17. The number of aromatic nitrogens is 1. The molecular formula is C15H17N3OS. The number of nitrogens with one attached hydrogen (secondary N) is 1. The van der Waals surface area contributed by atoms with Gasteiger partial charge in [-0.3, -0.25) is 0 Å². The lowest BCUT2D eigenvalue weighted by atomic mass is 10.2. The number of nitrogen functional groups attached to an aromatic ring is 1. The normalized spacial score (nSPS) is 12.7. The van der Waals surface area contributed by atoms with Crippen molar-refractivity contribution >= 4 is 34.1 Å². The number of oxazole rings is 1. The fourth-order valence-electron chi connectivity index (χ4n) is 2.16. The second-order valence-corrected chi connectivity index (χ2v) is 6.38. The highest BCUT2D eigenvalue weighted by Gasteiger charge is 2.10. The van der Waals surface area contributed by atoms with Crippen molar-refractivity contribution < 1.29 is 4.42 Å². The highest BCUT2D eigenvalue weighted by Crippen LogP contribution is 2.22. The molecule has 0 aliphatic carbocycles. The summed E-state index contributed by atoms with van der Waals surface area (Å²) in [6, 6.07) is 10.6. The summed E-state index contributed by atoms with van der Waals surface area (Å²) in [5.74, 6) is 0. The SMILES string of the molecule is Cc1ccc(CC(C)Nc2nc3cc(N)ccc3o2)s1. The van der Waals surface area contributed by atoms with Crippen LogP contribution >= 0.6 is 11.3 Å². The van der Waals surface area contributed by atoms with Gasteiger partial charge in [0.25, 0.3) is 6.01 Å². The number of benzene rings is 1. The van der Waals surface area contributed by atoms with E-state index >= 15 is 0 Å². The number of nitrogens with two attached hydrogens (primary N) is 1. The van der Waals surface area contributed by atoms with Crippen LogP contribution in [0.1, 0.15) is 16.7 Å². The first-order chi connectivity index (χ1) is 9.60. The predicted octanol–water partition coefficient (Wildman–Crippen LogP) is 3.82. The summed E-state index contributed by atoms with van der Waals surface area (Å²) in [7, 11) is 0. The first-order valence-corrected chi connectivity index (χ1v) is 7.40. The summed E-state index contributed by atoms with van der Waals surface area (Å²) in [5.41, 5.74) is 7.97. The van der Waals surface area contributed by atoms with Gasteiger partial charge in [-0.2, -0.15) is 4.98 Å². The van der Waals surface area contributed by atoms with Crippen molar-refractivity contribution in [1.82, 2.24) is 4.98 Å². The van der Waals surface area contributed by atoms with Gasteiger partial charge in [0, 0.05) is 27.9 Å². The van der Waals surface area contributed by atoms with Crippen molar-refractivity contribution in [3.05, 3.63) is 40.1 Å². The van der Waals surface area contributed by atoms with Crippen molar-refractivity contribution in [3.63, 3.8) is 0 Å². The van der Waals surface area contributed by atoms with Gasteiger partial charge in [-0.1, -0.05) is 0 Å². The number of anilines is 2. The van der Waals surface area contributed by atoms with Crippen LogP contribution in [-0.4, -0.2) is 11.0 Å². The minimum atomic E-state index is 0.262. The zero-order valence-corrected chi connectivity index (χ0v) is 12.3. The number of thiophene rings is 1. The molecule has 1 unspecified atom stereocenters. The molecule has 0 amide bonds. The molecule has 0 aliphatic rings. The number of hydrogen-bond acceptors (Lipinski definition) is 5. The zero-order chi connectivity index (χ0) is 14.1. The van der Waals surface area contributed by atoms with Gasteiger partial charge < -0.3 is 15.5 Å². The number of hydrogen-bond donors (Lipinski definition) is 2. The molecule has 3 aromatic rings. The Balaban J connectivity index is 1.72. The standard InChI is InChI=1S/C15H17N3OS/c1-9(7-12-5-3-10(2)20-12)17-15-18-13-8-11(16)4-6-14(13)19-15/h3-6,8-9H,7,16H2,1-2H3,(H,17,18). The number of fused-ring (bicyclic) bond motifs is 1. The number of nitrogens with zero attached hydrogens (tertiary/aromatic N) is 1. The van der Waals surface area contributed by atoms with Crippen molar-refractivity contribution in [2.75, 3.05) is 11.1 Å². The molecule has 20 heavy (non-hydrogen) atoms. The summed E-state index contributed by atoms with van der Waals surface area (Å²) >= 11 is 1.83. The average Bonchev–Trinajstić information content (AvgIpc) is 2.94. The first kappa shape index (κ1) is 13.0. The lowest BCUT2D eigenvalue weighted by Crippen LogP contribution is -2.17. The molecule has 1 atom stereocenters. The fourth-order valence-corrected chi connectivity index (χ4v) is 3.18. The molecular weight excluding hydrogens is 270 g/mol. The van der Waals surface area contributed by atoms with Crippen LogP contribution in [0.2, 0.25) is 0 Å². The molecule has 3 rings (SSSR count). The van der Waals surface area contributed by atoms with E-state index in [4.69, 9.17) is 10.2 Å². The molecule has 0 fully saturated rings. The Morgan fingerprint density at radius 3 is 2.95 bits per heavy atom. The summed E-state index contributed by atoms with van der Waals surface area (Å²) < 4.78 is 5.66. The third-order valence-electron chi connectivity index (χ3n) is 3.08. The highest BCUT2D eigenvalue weighted by atomic mass is 32.1. The molecule has 0 spiro atoms. The van der Waals surface area contributed by atoms with Crippen LogP contribution in [-0.2, 0) is 6.42 Å². The van der Waals surface area contributed by atoms with E-state index in [0.717, 1.165) is 17.5 Å². The van der Waals surface area contributed by atoms with Crippen molar-refractivity contribution in [2.24, 2.45) is 0 Å². The number of aryl methyl sites for hydroxylation is 1. The van der Waals surface area contributed by atoms with Gasteiger partial charge >= 0.3 is 0 Å². The summed E-state index contributed by atoms with van der Waals surface area (Å²) in [6.45, 7) is 4.25. The van der Waals surface area contributed by atoms with E-state index in [-0.39, 0.29) is 6.04 Å². The minimum absolute atomic E-state index is 0.262. The van der Waals surface area contributed by atoms with E-state index in [2.05, 4.69) is 36.3 Å². The minimum Gasteiger partial charge on any atom is -0.424 e. The zero-order valence-electron chi connectivity index (χ0n) is 11.5. The molecule has 1 aromatic carbocycles. The van der Waals surface area contributed by atoms with Gasteiger partial charge in [0.15, 0.2) is 5.58 Å². The maximum absolute atomic E-state index is 5.74.